The molecular formula is C15H17N3O3. The molecule has 0 fully saturated rings. The fourth-order valence-corrected chi connectivity index (χ4v) is 2.76. The van der Waals surface area contributed by atoms with Crippen LogP contribution in [0.1, 0.15) is 43.4 Å². The second kappa shape index (κ2) is 4.80. The molecule has 0 spiro atoms. The van der Waals surface area contributed by atoms with Crippen molar-refractivity contribution in [3.05, 3.63) is 45.7 Å². The average molecular weight is 287 g/mol. The Morgan fingerprint density at radius 3 is 2.52 bits per heavy atom. The Morgan fingerprint density at radius 2 is 1.90 bits per heavy atom. The van der Waals surface area contributed by atoms with Crippen LogP contribution in [0.15, 0.2) is 29.1 Å². The van der Waals surface area contributed by atoms with Crippen LogP contribution in [-0.4, -0.2) is 20.8 Å². The summed E-state index contributed by atoms with van der Waals surface area (Å²) in [4.78, 5) is 24.2. The van der Waals surface area contributed by atoms with Gasteiger partial charge in [-0.3, -0.25) is 19.4 Å². The summed E-state index contributed by atoms with van der Waals surface area (Å²) in [5.41, 5.74) is 1.24. The van der Waals surface area contributed by atoms with Crippen LogP contribution in [0.4, 0.5) is 5.82 Å². The fraction of sp³-hybridized carbons (Fsp3) is 0.333. The molecule has 3 N–H and O–H groups in total. The molecule has 1 unspecified atom stereocenters. The van der Waals surface area contributed by atoms with E-state index in [4.69, 9.17) is 0 Å². The molecule has 21 heavy (non-hydrogen) atoms. The smallest absolute Gasteiger partial charge is 0.270 e. The van der Waals surface area contributed by atoms with Crippen LogP contribution in [0, 0.1) is 0 Å². The van der Waals surface area contributed by atoms with Gasteiger partial charge in [-0.2, -0.15) is 0 Å². The summed E-state index contributed by atoms with van der Waals surface area (Å²) in [7, 11) is 0. The van der Waals surface area contributed by atoms with E-state index in [1.165, 1.54) is 0 Å². The van der Waals surface area contributed by atoms with Gasteiger partial charge in [-0.25, -0.2) is 0 Å². The second-order valence-corrected chi connectivity index (χ2v) is 5.56. The molecule has 2 heterocycles. The fourth-order valence-electron chi connectivity index (χ4n) is 2.76. The van der Waals surface area contributed by atoms with Crippen molar-refractivity contribution in [3.8, 4) is 5.75 Å². The molecule has 0 saturated carbocycles. The van der Waals surface area contributed by atoms with E-state index in [0.29, 0.717) is 11.4 Å². The third-order valence-electron chi connectivity index (χ3n) is 3.77. The van der Waals surface area contributed by atoms with E-state index in [9.17, 15) is 14.7 Å². The van der Waals surface area contributed by atoms with Crippen molar-refractivity contribution < 1.29 is 9.90 Å². The van der Waals surface area contributed by atoms with E-state index in [1.807, 2.05) is 13.8 Å². The molecule has 1 aromatic carbocycles. The number of phenols is 1. The molecule has 6 nitrogen and oxygen atoms in total. The Labute approximate surface area is 121 Å². The molecule has 6 heteroatoms. The molecule has 0 aliphatic carbocycles. The lowest BCUT2D eigenvalue weighted by atomic mass is 9.87. The molecule has 1 atom stereocenters. The molecule has 1 amide bonds. The predicted octanol–water partition coefficient (Wildman–Crippen LogP) is 1.94. The number of benzene rings is 1. The number of nitrogens with one attached hydrogen (secondary N) is 2. The lowest BCUT2D eigenvalue weighted by Gasteiger charge is -2.24. The van der Waals surface area contributed by atoms with Crippen LogP contribution in [0.5, 0.6) is 5.75 Å². The molecule has 0 radical (unpaired) electrons. The van der Waals surface area contributed by atoms with Gasteiger partial charge in [-0.05, 0) is 31.5 Å². The highest BCUT2D eigenvalue weighted by molar-refractivity contribution is 5.94. The van der Waals surface area contributed by atoms with Gasteiger partial charge in [0.15, 0.2) is 0 Å². The highest BCUT2D eigenvalue weighted by atomic mass is 16.3. The van der Waals surface area contributed by atoms with Gasteiger partial charge in [-0.1, -0.05) is 12.1 Å². The lowest BCUT2D eigenvalue weighted by Crippen LogP contribution is -2.27. The zero-order chi connectivity index (χ0) is 15.1. The molecule has 0 saturated heterocycles. The Kier molecular flexibility index (Phi) is 3.08. The number of amides is 1. The summed E-state index contributed by atoms with van der Waals surface area (Å²) in [6, 6.07) is 6.66. The molecule has 1 aliphatic rings. The third kappa shape index (κ3) is 2.22. The van der Waals surface area contributed by atoms with Gasteiger partial charge in [0.1, 0.15) is 11.6 Å². The molecule has 3 rings (SSSR count). The van der Waals surface area contributed by atoms with Crippen molar-refractivity contribution in [1.29, 1.82) is 0 Å². The number of aromatic amines is 1. The monoisotopic (exact) mass is 287 g/mol. The van der Waals surface area contributed by atoms with Gasteiger partial charge in [0.25, 0.3) is 5.56 Å². The van der Waals surface area contributed by atoms with E-state index in [2.05, 4.69) is 10.4 Å². The average Bonchev–Trinajstić information content (AvgIpc) is 2.76. The molecule has 110 valence electrons. The number of fused-ring (bicyclic) bond motifs is 1. The SMILES string of the molecule is CC(C)n1[nH]c(=O)c2c1NC(=O)CC2c1ccc(O)cc1. The van der Waals surface area contributed by atoms with Crippen molar-refractivity contribution in [2.45, 2.75) is 32.2 Å². The maximum atomic E-state index is 12.3. The zero-order valence-corrected chi connectivity index (χ0v) is 11.9. The Bertz CT molecular complexity index is 741. The minimum atomic E-state index is -0.293. The Balaban J connectivity index is 2.16. The number of H-pyrrole nitrogens is 1. The highest BCUT2D eigenvalue weighted by Crippen LogP contribution is 2.36. The van der Waals surface area contributed by atoms with Gasteiger partial charge in [0.2, 0.25) is 5.91 Å². The Hall–Kier alpha value is -2.50. The van der Waals surface area contributed by atoms with E-state index in [1.54, 1.807) is 28.9 Å². The van der Waals surface area contributed by atoms with Crippen molar-refractivity contribution in [2.24, 2.45) is 0 Å². The summed E-state index contributed by atoms with van der Waals surface area (Å²) in [6.07, 6.45) is 0.225. The molecule has 2 aromatic rings. The Morgan fingerprint density at radius 1 is 1.24 bits per heavy atom. The molecule has 1 aromatic heterocycles. The first-order valence-electron chi connectivity index (χ1n) is 6.90. The maximum absolute atomic E-state index is 12.3. The number of aromatic nitrogens is 2. The second-order valence-electron chi connectivity index (χ2n) is 5.56. The highest BCUT2D eigenvalue weighted by Gasteiger charge is 2.32. The zero-order valence-electron chi connectivity index (χ0n) is 11.9. The number of aromatic hydroxyl groups is 1. The molecule has 0 bridgehead atoms. The summed E-state index contributed by atoms with van der Waals surface area (Å²) >= 11 is 0. The van der Waals surface area contributed by atoms with Crippen LogP contribution < -0.4 is 10.9 Å². The van der Waals surface area contributed by atoms with Gasteiger partial charge >= 0.3 is 0 Å². The molecular weight excluding hydrogens is 270 g/mol. The standard InChI is InChI=1S/C15H17N3O3/c1-8(2)18-14-13(15(21)17-18)11(7-12(20)16-14)9-3-5-10(19)6-4-9/h3-6,8,11,19H,7H2,1-2H3,(H,16,20)(H,17,21). The van der Waals surface area contributed by atoms with E-state index < -0.39 is 0 Å². The first-order chi connectivity index (χ1) is 9.97. The predicted molar refractivity (Wildman–Crippen MR) is 78.6 cm³/mol. The number of carbonyl (C=O) groups is 1. The number of phenolic OH excluding ortho intramolecular Hbond substituents is 1. The van der Waals surface area contributed by atoms with Gasteiger partial charge in [0.05, 0.1) is 5.56 Å². The lowest BCUT2D eigenvalue weighted by molar-refractivity contribution is -0.116. The minimum Gasteiger partial charge on any atom is -0.508 e. The van der Waals surface area contributed by atoms with Crippen LogP contribution in [-0.2, 0) is 4.79 Å². The maximum Gasteiger partial charge on any atom is 0.270 e. The summed E-state index contributed by atoms with van der Waals surface area (Å²) in [5.74, 6) is 0.296. The van der Waals surface area contributed by atoms with Crippen molar-refractivity contribution >= 4 is 11.7 Å². The first kappa shape index (κ1) is 13.5. The number of carbonyl (C=O) groups excluding carboxylic acids is 1. The quantitative estimate of drug-likeness (QED) is 0.788. The number of hydrogen-bond acceptors (Lipinski definition) is 3. The number of anilines is 1. The van der Waals surface area contributed by atoms with E-state index in [0.717, 1.165) is 5.56 Å². The number of rotatable bonds is 2. The largest absolute Gasteiger partial charge is 0.508 e. The number of nitrogens with zero attached hydrogens (tertiary/aromatic N) is 1. The van der Waals surface area contributed by atoms with Gasteiger partial charge in [-0.15, -0.1) is 0 Å². The van der Waals surface area contributed by atoms with Crippen LogP contribution in [0.3, 0.4) is 0 Å². The van der Waals surface area contributed by atoms with Crippen LogP contribution in [0.25, 0.3) is 0 Å². The van der Waals surface area contributed by atoms with E-state index >= 15 is 0 Å². The van der Waals surface area contributed by atoms with Gasteiger partial charge in [0, 0.05) is 18.4 Å². The van der Waals surface area contributed by atoms with Crippen LogP contribution >= 0.6 is 0 Å². The van der Waals surface area contributed by atoms with Crippen molar-refractivity contribution in [3.63, 3.8) is 0 Å². The van der Waals surface area contributed by atoms with Gasteiger partial charge < -0.3 is 10.4 Å². The summed E-state index contributed by atoms with van der Waals surface area (Å²) in [5, 5.41) is 15.0. The third-order valence-corrected chi connectivity index (χ3v) is 3.77. The first-order valence-corrected chi connectivity index (χ1v) is 6.90. The minimum absolute atomic E-state index is 0.0420. The van der Waals surface area contributed by atoms with Crippen LogP contribution in [0.2, 0.25) is 0 Å². The molecule has 1 aliphatic heterocycles. The topological polar surface area (TPSA) is 87.1 Å². The van der Waals surface area contributed by atoms with Crippen molar-refractivity contribution in [2.75, 3.05) is 5.32 Å². The normalized spacial score (nSPS) is 17.7. The van der Waals surface area contributed by atoms with E-state index in [-0.39, 0.29) is 35.6 Å². The summed E-state index contributed by atoms with van der Waals surface area (Å²) < 4.78 is 1.68. The number of hydrogen-bond donors (Lipinski definition) is 3. The summed E-state index contributed by atoms with van der Waals surface area (Å²) in [6.45, 7) is 3.87. The van der Waals surface area contributed by atoms with Crippen molar-refractivity contribution in [1.82, 2.24) is 9.78 Å².